The maximum atomic E-state index is 5.58. The van der Waals surface area contributed by atoms with Crippen LogP contribution in [0.4, 0.5) is 5.69 Å². The molecule has 0 fully saturated rings. The van der Waals surface area contributed by atoms with Gasteiger partial charge in [0.2, 0.25) is 0 Å². The topological polar surface area (TPSA) is 26.0 Å². The maximum Gasteiger partial charge on any atom is 0.0450 e. The van der Waals surface area contributed by atoms with E-state index in [1.807, 2.05) is 12.1 Å². The van der Waals surface area contributed by atoms with E-state index in [4.69, 9.17) is 5.73 Å². The molecular formula is C6H5I2N. The Morgan fingerprint density at radius 3 is 2.33 bits per heavy atom. The Labute approximate surface area is 81.3 Å². The number of anilines is 1. The lowest BCUT2D eigenvalue weighted by molar-refractivity contribution is 1.58. The molecule has 0 heterocycles. The second kappa shape index (κ2) is 3.05. The molecular weight excluding hydrogens is 340 g/mol. The predicted octanol–water partition coefficient (Wildman–Crippen LogP) is 2.48. The van der Waals surface area contributed by atoms with E-state index in [1.165, 1.54) is 3.57 Å². The van der Waals surface area contributed by atoms with Crippen molar-refractivity contribution in [3.8, 4) is 0 Å². The van der Waals surface area contributed by atoms with E-state index in [-0.39, 0.29) is 0 Å². The highest BCUT2D eigenvalue weighted by atomic mass is 127. The Bertz CT molecular complexity index is 222. The molecule has 0 aliphatic carbocycles. The van der Waals surface area contributed by atoms with Crippen molar-refractivity contribution < 1.29 is 0 Å². The maximum absolute atomic E-state index is 5.58. The van der Waals surface area contributed by atoms with Gasteiger partial charge in [-0.2, -0.15) is 0 Å². The Morgan fingerprint density at radius 2 is 1.89 bits per heavy atom. The quantitative estimate of drug-likeness (QED) is 0.568. The molecule has 0 aliphatic heterocycles. The lowest BCUT2D eigenvalue weighted by Crippen LogP contribution is -1.88. The Morgan fingerprint density at radius 1 is 1.22 bits per heavy atom. The fourth-order valence-corrected chi connectivity index (χ4v) is 2.10. The summed E-state index contributed by atoms with van der Waals surface area (Å²) in [7, 11) is 0. The average molecular weight is 345 g/mol. The number of hydrogen-bond acceptors (Lipinski definition) is 1. The third-order valence-corrected chi connectivity index (χ3v) is 2.57. The van der Waals surface area contributed by atoms with Gasteiger partial charge in [-0.05, 0) is 63.4 Å². The minimum absolute atomic E-state index is 0.857. The van der Waals surface area contributed by atoms with E-state index in [2.05, 4.69) is 51.2 Å². The van der Waals surface area contributed by atoms with Crippen LogP contribution in [-0.4, -0.2) is 0 Å². The summed E-state index contributed by atoms with van der Waals surface area (Å²) in [5.74, 6) is 0. The summed E-state index contributed by atoms with van der Waals surface area (Å²) in [5, 5.41) is 0. The second-order valence-electron chi connectivity index (χ2n) is 1.67. The number of nitrogen functional groups attached to an aromatic ring is 1. The molecule has 0 spiro atoms. The van der Waals surface area contributed by atoms with Gasteiger partial charge in [-0.1, -0.05) is 0 Å². The predicted molar refractivity (Wildman–Crippen MR) is 56.3 cm³/mol. The van der Waals surface area contributed by atoms with Gasteiger partial charge in [-0.15, -0.1) is 0 Å². The molecule has 0 atom stereocenters. The van der Waals surface area contributed by atoms with Gasteiger partial charge in [0.25, 0.3) is 0 Å². The minimum atomic E-state index is 0.857. The van der Waals surface area contributed by atoms with Crippen molar-refractivity contribution in [2.24, 2.45) is 0 Å². The van der Waals surface area contributed by atoms with Crippen LogP contribution in [0.3, 0.4) is 0 Å². The van der Waals surface area contributed by atoms with Crippen molar-refractivity contribution >= 4 is 50.9 Å². The van der Waals surface area contributed by atoms with Crippen LogP contribution in [0, 0.1) is 7.14 Å². The van der Waals surface area contributed by atoms with E-state index >= 15 is 0 Å². The average Bonchev–Trinajstić information content (AvgIpc) is 1.80. The van der Waals surface area contributed by atoms with Gasteiger partial charge in [0.05, 0.1) is 0 Å². The molecule has 1 nitrogen and oxygen atoms in total. The first-order valence-corrected chi connectivity index (χ1v) is 4.56. The van der Waals surface area contributed by atoms with E-state index < -0.39 is 0 Å². The third-order valence-electron chi connectivity index (χ3n) is 0.962. The van der Waals surface area contributed by atoms with Gasteiger partial charge in [-0.3, -0.25) is 0 Å². The molecule has 1 rings (SSSR count). The third kappa shape index (κ3) is 1.96. The van der Waals surface area contributed by atoms with E-state index in [1.54, 1.807) is 0 Å². The lowest BCUT2D eigenvalue weighted by atomic mass is 10.3. The number of halogens is 2. The SMILES string of the molecule is Nc1ccc(I)cc1I. The summed E-state index contributed by atoms with van der Waals surface area (Å²) in [6, 6.07) is 5.97. The van der Waals surface area contributed by atoms with E-state index in [0.717, 1.165) is 9.26 Å². The van der Waals surface area contributed by atoms with Crippen LogP contribution in [-0.2, 0) is 0 Å². The number of rotatable bonds is 0. The molecule has 0 saturated carbocycles. The summed E-state index contributed by atoms with van der Waals surface area (Å²) in [6.45, 7) is 0. The molecule has 3 heteroatoms. The Balaban J connectivity index is 3.17. The van der Waals surface area contributed by atoms with Crippen LogP contribution in [0.15, 0.2) is 18.2 Å². The lowest BCUT2D eigenvalue weighted by Gasteiger charge is -1.95. The molecule has 0 aliphatic rings. The van der Waals surface area contributed by atoms with Crippen LogP contribution >= 0.6 is 45.2 Å². The van der Waals surface area contributed by atoms with E-state index in [0.29, 0.717) is 0 Å². The van der Waals surface area contributed by atoms with Crippen LogP contribution in [0.5, 0.6) is 0 Å². The zero-order valence-corrected chi connectivity index (χ0v) is 8.88. The molecule has 0 radical (unpaired) electrons. The van der Waals surface area contributed by atoms with Gasteiger partial charge in [-0.25, -0.2) is 0 Å². The Kier molecular flexibility index (Phi) is 2.57. The summed E-state index contributed by atoms with van der Waals surface area (Å²) in [4.78, 5) is 0. The summed E-state index contributed by atoms with van der Waals surface area (Å²) < 4.78 is 2.35. The highest BCUT2D eigenvalue weighted by molar-refractivity contribution is 14.1. The summed E-state index contributed by atoms with van der Waals surface area (Å²) in [6.07, 6.45) is 0. The van der Waals surface area contributed by atoms with Crippen molar-refractivity contribution in [2.75, 3.05) is 5.73 Å². The Hall–Kier alpha value is 0.480. The molecule has 9 heavy (non-hydrogen) atoms. The monoisotopic (exact) mass is 345 g/mol. The van der Waals surface area contributed by atoms with Gasteiger partial charge < -0.3 is 5.73 Å². The van der Waals surface area contributed by atoms with Gasteiger partial charge in [0.15, 0.2) is 0 Å². The van der Waals surface area contributed by atoms with Gasteiger partial charge >= 0.3 is 0 Å². The van der Waals surface area contributed by atoms with Crippen molar-refractivity contribution in [1.82, 2.24) is 0 Å². The van der Waals surface area contributed by atoms with Crippen LogP contribution < -0.4 is 5.73 Å². The fourth-order valence-electron chi connectivity index (χ4n) is 0.502. The first-order chi connectivity index (χ1) is 4.20. The van der Waals surface area contributed by atoms with Gasteiger partial charge in [0.1, 0.15) is 0 Å². The van der Waals surface area contributed by atoms with Crippen molar-refractivity contribution in [3.63, 3.8) is 0 Å². The molecule has 1 aromatic rings. The summed E-state index contributed by atoms with van der Waals surface area (Å²) >= 11 is 4.48. The normalized spacial score (nSPS) is 9.56. The zero-order chi connectivity index (χ0) is 6.85. The van der Waals surface area contributed by atoms with Gasteiger partial charge in [0, 0.05) is 12.8 Å². The molecule has 0 saturated heterocycles. The molecule has 1 aromatic carbocycles. The standard InChI is InChI=1S/C6H5I2N/c7-4-1-2-6(9)5(8)3-4/h1-3H,9H2. The van der Waals surface area contributed by atoms with E-state index in [9.17, 15) is 0 Å². The number of nitrogens with two attached hydrogens (primary N) is 1. The highest BCUT2D eigenvalue weighted by Crippen LogP contribution is 2.16. The minimum Gasteiger partial charge on any atom is -0.398 e. The highest BCUT2D eigenvalue weighted by Gasteiger charge is 1.92. The van der Waals surface area contributed by atoms with Crippen LogP contribution in [0.25, 0.3) is 0 Å². The largest absolute Gasteiger partial charge is 0.398 e. The summed E-state index contributed by atoms with van der Waals surface area (Å²) in [5.41, 5.74) is 6.44. The first kappa shape index (κ1) is 7.59. The molecule has 0 amide bonds. The van der Waals surface area contributed by atoms with Crippen LogP contribution in [0.2, 0.25) is 0 Å². The second-order valence-corrected chi connectivity index (χ2v) is 4.07. The first-order valence-electron chi connectivity index (χ1n) is 2.40. The van der Waals surface area contributed by atoms with Crippen molar-refractivity contribution in [3.05, 3.63) is 25.3 Å². The number of hydrogen-bond donors (Lipinski definition) is 1. The van der Waals surface area contributed by atoms with Crippen LogP contribution in [0.1, 0.15) is 0 Å². The molecule has 0 bridgehead atoms. The van der Waals surface area contributed by atoms with Crippen molar-refractivity contribution in [1.29, 1.82) is 0 Å². The molecule has 0 unspecified atom stereocenters. The molecule has 2 N–H and O–H groups in total. The zero-order valence-electron chi connectivity index (χ0n) is 4.57. The number of benzene rings is 1. The molecule has 48 valence electrons. The van der Waals surface area contributed by atoms with Crippen molar-refractivity contribution in [2.45, 2.75) is 0 Å². The molecule has 0 aromatic heterocycles. The fraction of sp³-hybridized carbons (Fsp3) is 0. The smallest absolute Gasteiger partial charge is 0.0450 e.